The van der Waals surface area contributed by atoms with E-state index in [0.717, 1.165) is 21.2 Å². The number of imidazole rings is 1. The number of aromatic nitrogens is 2. The summed E-state index contributed by atoms with van der Waals surface area (Å²) < 4.78 is 3.17. The highest BCUT2D eigenvalue weighted by molar-refractivity contribution is 9.10. The molecule has 2 nitrogen and oxygen atoms in total. The molecule has 3 aromatic carbocycles. The van der Waals surface area contributed by atoms with Crippen LogP contribution in [0, 0.1) is 0 Å². The van der Waals surface area contributed by atoms with E-state index in [2.05, 4.69) is 74.0 Å². The molecular weight excluding hydrogens is 336 g/mol. The lowest BCUT2D eigenvalue weighted by atomic mass is 10.1. The molecule has 0 amide bonds. The van der Waals surface area contributed by atoms with Gasteiger partial charge in [-0.15, -0.1) is 0 Å². The SMILES string of the molecule is Brc1cc(-c2ccccc2)cc(-n2cnc3ccccc32)c1. The van der Waals surface area contributed by atoms with Gasteiger partial charge in [-0.05, 0) is 41.5 Å². The summed E-state index contributed by atoms with van der Waals surface area (Å²) in [6.07, 6.45) is 1.88. The van der Waals surface area contributed by atoms with Crippen LogP contribution in [0.4, 0.5) is 0 Å². The number of nitrogens with zero attached hydrogens (tertiary/aromatic N) is 2. The lowest BCUT2D eigenvalue weighted by Gasteiger charge is -2.09. The first-order valence-corrected chi connectivity index (χ1v) is 7.89. The number of fused-ring (bicyclic) bond motifs is 1. The van der Waals surface area contributed by atoms with Crippen molar-refractivity contribution in [3.63, 3.8) is 0 Å². The zero-order chi connectivity index (χ0) is 14.9. The predicted molar refractivity (Wildman–Crippen MR) is 94.2 cm³/mol. The molecule has 1 aromatic heterocycles. The molecule has 0 aliphatic rings. The fraction of sp³-hybridized carbons (Fsp3) is 0. The maximum atomic E-state index is 4.47. The minimum atomic E-state index is 1.00. The number of hydrogen-bond acceptors (Lipinski definition) is 1. The summed E-state index contributed by atoms with van der Waals surface area (Å²) in [6, 6.07) is 25.0. The molecular formula is C19H13BrN2. The Kier molecular flexibility index (Phi) is 3.28. The van der Waals surface area contributed by atoms with Gasteiger partial charge in [-0.25, -0.2) is 4.98 Å². The molecule has 0 atom stereocenters. The number of benzene rings is 3. The summed E-state index contributed by atoms with van der Waals surface area (Å²) in [6.45, 7) is 0. The van der Waals surface area contributed by atoms with Gasteiger partial charge in [0.2, 0.25) is 0 Å². The third-order valence-corrected chi connectivity index (χ3v) is 4.18. The molecule has 0 spiro atoms. The summed E-state index contributed by atoms with van der Waals surface area (Å²) in [5.41, 5.74) is 5.60. The van der Waals surface area contributed by atoms with Crippen molar-refractivity contribution in [2.24, 2.45) is 0 Å². The van der Waals surface area contributed by atoms with Gasteiger partial charge in [0.25, 0.3) is 0 Å². The van der Waals surface area contributed by atoms with E-state index in [4.69, 9.17) is 0 Å². The molecule has 0 aliphatic carbocycles. The van der Waals surface area contributed by atoms with Crippen LogP contribution in [0.5, 0.6) is 0 Å². The van der Waals surface area contributed by atoms with Crippen molar-refractivity contribution >= 4 is 27.0 Å². The molecule has 3 heteroatoms. The first kappa shape index (κ1) is 13.3. The maximum Gasteiger partial charge on any atom is 0.100 e. The summed E-state index contributed by atoms with van der Waals surface area (Å²) in [4.78, 5) is 4.47. The van der Waals surface area contributed by atoms with E-state index in [1.807, 2.05) is 30.6 Å². The number of rotatable bonds is 2. The van der Waals surface area contributed by atoms with Crippen LogP contribution in [0.25, 0.3) is 27.8 Å². The van der Waals surface area contributed by atoms with Gasteiger partial charge in [-0.3, -0.25) is 4.57 Å². The summed E-state index contributed by atoms with van der Waals surface area (Å²) in [7, 11) is 0. The highest BCUT2D eigenvalue weighted by Crippen LogP contribution is 2.28. The Labute approximate surface area is 137 Å². The fourth-order valence-corrected chi connectivity index (χ4v) is 3.16. The van der Waals surface area contributed by atoms with Gasteiger partial charge < -0.3 is 0 Å². The van der Waals surface area contributed by atoms with Gasteiger partial charge in [-0.2, -0.15) is 0 Å². The molecule has 4 aromatic rings. The van der Waals surface area contributed by atoms with Crippen molar-refractivity contribution in [2.75, 3.05) is 0 Å². The molecule has 0 aliphatic heterocycles. The number of hydrogen-bond donors (Lipinski definition) is 0. The summed E-state index contributed by atoms with van der Waals surface area (Å²) in [5.74, 6) is 0. The second-order valence-corrected chi connectivity index (χ2v) is 6.08. The molecule has 0 fully saturated rings. The van der Waals surface area contributed by atoms with Crippen LogP contribution in [-0.4, -0.2) is 9.55 Å². The third kappa shape index (κ3) is 2.34. The Balaban J connectivity index is 1.91. The van der Waals surface area contributed by atoms with Gasteiger partial charge >= 0.3 is 0 Å². The molecule has 0 N–H and O–H groups in total. The van der Waals surface area contributed by atoms with Crippen molar-refractivity contribution in [2.45, 2.75) is 0 Å². The summed E-state index contributed by atoms with van der Waals surface area (Å²) in [5, 5.41) is 0. The average Bonchev–Trinajstić information content (AvgIpc) is 2.99. The first-order valence-electron chi connectivity index (χ1n) is 7.10. The van der Waals surface area contributed by atoms with Crippen molar-refractivity contribution in [1.29, 1.82) is 0 Å². The highest BCUT2D eigenvalue weighted by Gasteiger charge is 2.07. The molecule has 4 rings (SSSR count). The standard InChI is InChI=1S/C19H13BrN2/c20-16-10-15(14-6-2-1-3-7-14)11-17(12-16)22-13-21-18-8-4-5-9-19(18)22/h1-13H. The smallest absolute Gasteiger partial charge is 0.100 e. The van der Waals surface area contributed by atoms with Gasteiger partial charge in [-0.1, -0.05) is 58.4 Å². The van der Waals surface area contributed by atoms with Gasteiger partial charge in [0.15, 0.2) is 0 Å². The Morgan fingerprint density at radius 2 is 1.55 bits per heavy atom. The minimum absolute atomic E-state index is 1.00. The minimum Gasteiger partial charge on any atom is -0.299 e. The lowest BCUT2D eigenvalue weighted by Crippen LogP contribution is -1.93. The largest absolute Gasteiger partial charge is 0.299 e. The van der Waals surface area contributed by atoms with E-state index in [-0.39, 0.29) is 0 Å². The zero-order valence-corrected chi connectivity index (χ0v) is 13.4. The van der Waals surface area contributed by atoms with Crippen molar-refractivity contribution < 1.29 is 0 Å². The molecule has 0 saturated carbocycles. The second-order valence-electron chi connectivity index (χ2n) is 5.17. The topological polar surface area (TPSA) is 17.8 Å². The van der Waals surface area contributed by atoms with E-state index >= 15 is 0 Å². The molecule has 106 valence electrons. The molecule has 0 unspecified atom stereocenters. The van der Waals surface area contributed by atoms with Gasteiger partial charge in [0, 0.05) is 10.2 Å². The highest BCUT2D eigenvalue weighted by atomic mass is 79.9. The molecule has 22 heavy (non-hydrogen) atoms. The molecule has 1 heterocycles. The van der Waals surface area contributed by atoms with E-state index < -0.39 is 0 Å². The van der Waals surface area contributed by atoms with Crippen LogP contribution in [0.2, 0.25) is 0 Å². The van der Waals surface area contributed by atoms with Crippen LogP contribution in [0.3, 0.4) is 0 Å². The van der Waals surface area contributed by atoms with Crippen LogP contribution in [0.15, 0.2) is 83.6 Å². The van der Waals surface area contributed by atoms with Gasteiger partial charge in [0.05, 0.1) is 11.0 Å². The van der Waals surface area contributed by atoms with Gasteiger partial charge in [0.1, 0.15) is 6.33 Å². The Hall–Kier alpha value is -2.39. The number of halogens is 1. The Bertz CT molecular complexity index is 942. The third-order valence-electron chi connectivity index (χ3n) is 3.72. The predicted octanol–water partition coefficient (Wildman–Crippen LogP) is 5.46. The van der Waals surface area contributed by atoms with Crippen LogP contribution in [-0.2, 0) is 0 Å². The zero-order valence-electron chi connectivity index (χ0n) is 11.8. The van der Waals surface area contributed by atoms with E-state index in [1.165, 1.54) is 11.1 Å². The Morgan fingerprint density at radius 3 is 2.41 bits per heavy atom. The van der Waals surface area contributed by atoms with Crippen molar-refractivity contribution in [1.82, 2.24) is 9.55 Å². The Morgan fingerprint density at radius 1 is 0.773 bits per heavy atom. The second kappa shape index (κ2) is 5.43. The fourth-order valence-electron chi connectivity index (χ4n) is 2.68. The summed E-state index contributed by atoms with van der Waals surface area (Å²) >= 11 is 3.63. The van der Waals surface area contributed by atoms with E-state index in [9.17, 15) is 0 Å². The van der Waals surface area contributed by atoms with E-state index in [0.29, 0.717) is 0 Å². The van der Waals surface area contributed by atoms with Crippen molar-refractivity contribution in [3.05, 3.63) is 83.6 Å². The number of para-hydroxylation sites is 2. The first-order chi connectivity index (χ1) is 10.8. The molecule has 0 bridgehead atoms. The average molecular weight is 349 g/mol. The monoisotopic (exact) mass is 348 g/mol. The van der Waals surface area contributed by atoms with E-state index in [1.54, 1.807) is 0 Å². The normalized spacial score (nSPS) is 11.0. The quantitative estimate of drug-likeness (QED) is 0.470. The molecule has 0 radical (unpaired) electrons. The molecule has 0 saturated heterocycles. The van der Waals surface area contributed by atoms with Crippen LogP contribution in [0.1, 0.15) is 0 Å². The van der Waals surface area contributed by atoms with Crippen molar-refractivity contribution in [3.8, 4) is 16.8 Å². The van der Waals surface area contributed by atoms with Crippen LogP contribution >= 0.6 is 15.9 Å². The lowest BCUT2D eigenvalue weighted by molar-refractivity contribution is 1.09. The maximum absolute atomic E-state index is 4.47. The van der Waals surface area contributed by atoms with Crippen LogP contribution < -0.4 is 0 Å².